The van der Waals surface area contributed by atoms with E-state index >= 15 is 0 Å². The highest BCUT2D eigenvalue weighted by Gasteiger charge is 2.02. The summed E-state index contributed by atoms with van der Waals surface area (Å²) in [6.07, 6.45) is 0. The van der Waals surface area contributed by atoms with Crippen LogP contribution in [0.1, 0.15) is 18.6 Å². The van der Waals surface area contributed by atoms with Crippen LogP contribution in [0, 0.1) is 6.92 Å². The summed E-state index contributed by atoms with van der Waals surface area (Å²) < 4.78 is 9.82. The molecular weight excluding hydrogens is 222 g/mol. The minimum Gasteiger partial charge on any atom is -0.383 e. The van der Waals surface area contributed by atoms with Crippen molar-refractivity contribution in [3.05, 3.63) is 11.7 Å². The van der Waals surface area contributed by atoms with Gasteiger partial charge in [-0.15, -0.1) is 0 Å². The van der Waals surface area contributed by atoms with Gasteiger partial charge in [0.2, 0.25) is 5.89 Å². The molecule has 0 aliphatic carbocycles. The highest BCUT2D eigenvalue weighted by Crippen LogP contribution is 1.96. The molecule has 17 heavy (non-hydrogen) atoms. The molecule has 0 unspecified atom stereocenters. The van der Waals surface area contributed by atoms with Crippen molar-refractivity contribution in [3.63, 3.8) is 0 Å². The molecule has 1 rings (SSSR count). The number of aliphatic imine (C=N–C) groups is 1. The third-order valence-corrected chi connectivity index (χ3v) is 1.89. The molecule has 1 heterocycles. The van der Waals surface area contributed by atoms with Crippen molar-refractivity contribution in [2.75, 3.05) is 26.8 Å². The van der Waals surface area contributed by atoms with Gasteiger partial charge < -0.3 is 19.9 Å². The first-order valence-electron chi connectivity index (χ1n) is 5.56. The standard InChI is InChI=1S/C10H19N5O2/c1-4-11-10(12-5-6-16-3)13-7-9-14-8(2)17-15-9/h4-7H2,1-3H3,(H2,11,12,13). The molecule has 0 aromatic carbocycles. The maximum atomic E-state index is 4.95. The first-order valence-corrected chi connectivity index (χ1v) is 5.56. The molecule has 0 saturated carbocycles. The average molecular weight is 241 g/mol. The lowest BCUT2D eigenvalue weighted by atomic mass is 10.6. The highest BCUT2D eigenvalue weighted by molar-refractivity contribution is 5.79. The third kappa shape index (κ3) is 5.30. The van der Waals surface area contributed by atoms with Gasteiger partial charge in [-0.3, -0.25) is 0 Å². The zero-order valence-corrected chi connectivity index (χ0v) is 10.5. The Morgan fingerprint density at radius 3 is 2.88 bits per heavy atom. The van der Waals surface area contributed by atoms with Crippen molar-refractivity contribution in [1.29, 1.82) is 0 Å². The number of hydrogen-bond acceptors (Lipinski definition) is 5. The molecule has 7 nitrogen and oxygen atoms in total. The summed E-state index contributed by atoms with van der Waals surface area (Å²) in [4.78, 5) is 8.40. The van der Waals surface area contributed by atoms with Gasteiger partial charge in [0.15, 0.2) is 11.8 Å². The Kier molecular flexibility index (Phi) is 6.02. The number of nitrogens with zero attached hydrogens (tertiary/aromatic N) is 3. The van der Waals surface area contributed by atoms with E-state index in [0.717, 1.165) is 6.54 Å². The second-order valence-corrected chi connectivity index (χ2v) is 3.34. The summed E-state index contributed by atoms with van der Waals surface area (Å²) >= 11 is 0. The molecular formula is C10H19N5O2. The molecule has 0 radical (unpaired) electrons. The summed E-state index contributed by atoms with van der Waals surface area (Å²) in [7, 11) is 1.66. The molecule has 2 N–H and O–H groups in total. The highest BCUT2D eigenvalue weighted by atomic mass is 16.5. The Hall–Kier alpha value is -1.63. The number of hydrogen-bond donors (Lipinski definition) is 2. The van der Waals surface area contributed by atoms with Crippen LogP contribution in [0.4, 0.5) is 0 Å². The molecule has 0 fully saturated rings. The molecule has 0 amide bonds. The Morgan fingerprint density at radius 2 is 2.29 bits per heavy atom. The molecule has 0 aliphatic heterocycles. The van der Waals surface area contributed by atoms with Crippen LogP contribution in [0.3, 0.4) is 0 Å². The zero-order chi connectivity index (χ0) is 12.5. The molecule has 96 valence electrons. The van der Waals surface area contributed by atoms with Crippen LogP contribution in [0.15, 0.2) is 9.52 Å². The number of methoxy groups -OCH3 is 1. The normalized spacial score (nSPS) is 11.6. The second kappa shape index (κ2) is 7.61. The van der Waals surface area contributed by atoms with E-state index < -0.39 is 0 Å². The lowest BCUT2D eigenvalue weighted by molar-refractivity contribution is 0.203. The molecule has 0 atom stereocenters. The average Bonchev–Trinajstić information content (AvgIpc) is 2.72. The smallest absolute Gasteiger partial charge is 0.223 e. The van der Waals surface area contributed by atoms with E-state index in [0.29, 0.717) is 37.4 Å². The summed E-state index contributed by atoms with van der Waals surface area (Å²) in [6.45, 7) is 6.28. The van der Waals surface area contributed by atoms with Gasteiger partial charge in [0.25, 0.3) is 0 Å². The molecule has 0 aliphatic rings. The topological polar surface area (TPSA) is 84.6 Å². The van der Waals surface area contributed by atoms with Gasteiger partial charge >= 0.3 is 0 Å². The van der Waals surface area contributed by atoms with E-state index in [1.54, 1.807) is 14.0 Å². The minimum absolute atomic E-state index is 0.389. The van der Waals surface area contributed by atoms with Gasteiger partial charge in [0.1, 0.15) is 6.54 Å². The minimum atomic E-state index is 0.389. The van der Waals surface area contributed by atoms with E-state index in [4.69, 9.17) is 9.26 Å². The zero-order valence-electron chi connectivity index (χ0n) is 10.5. The number of nitrogens with one attached hydrogen (secondary N) is 2. The fraction of sp³-hybridized carbons (Fsp3) is 0.700. The van der Waals surface area contributed by atoms with Crippen molar-refractivity contribution in [2.45, 2.75) is 20.4 Å². The van der Waals surface area contributed by atoms with Crippen molar-refractivity contribution < 1.29 is 9.26 Å². The van der Waals surface area contributed by atoms with Crippen molar-refractivity contribution in [3.8, 4) is 0 Å². The van der Waals surface area contributed by atoms with Gasteiger partial charge in [-0.2, -0.15) is 4.98 Å². The maximum Gasteiger partial charge on any atom is 0.223 e. The van der Waals surface area contributed by atoms with Gasteiger partial charge in [0.05, 0.1) is 6.61 Å². The monoisotopic (exact) mass is 241 g/mol. The van der Waals surface area contributed by atoms with Gasteiger partial charge in [-0.1, -0.05) is 5.16 Å². The fourth-order valence-corrected chi connectivity index (χ4v) is 1.17. The molecule has 0 saturated heterocycles. The van der Waals surface area contributed by atoms with Crippen LogP contribution in [0.2, 0.25) is 0 Å². The lowest BCUT2D eigenvalue weighted by Gasteiger charge is -2.09. The SMILES string of the molecule is CCNC(=NCc1noc(C)n1)NCCOC. The third-order valence-electron chi connectivity index (χ3n) is 1.89. The van der Waals surface area contributed by atoms with E-state index in [2.05, 4.69) is 25.8 Å². The number of ether oxygens (including phenoxy) is 1. The van der Waals surface area contributed by atoms with E-state index in [1.807, 2.05) is 6.92 Å². The molecule has 0 spiro atoms. The summed E-state index contributed by atoms with van der Waals surface area (Å²) in [5, 5.41) is 10.0. The van der Waals surface area contributed by atoms with Crippen LogP contribution in [0.25, 0.3) is 0 Å². The van der Waals surface area contributed by atoms with Crippen LogP contribution in [-0.4, -0.2) is 42.9 Å². The van der Waals surface area contributed by atoms with E-state index in [1.165, 1.54) is 0 Å². The number of aryl methyl sites for hydroxylation is 1. The lowest BCUT2D eigenvalue weighted by Crippen LogP contribution is -2.38. The second-order valence-electron chi connectivity index (χ2n) is 3.34. The molecule has 7 heteroatoms. The maximum absolute atomic E-state index is 4.95. The van der Waals surface area contributed by atoms with Crippen LogP contribution < -0.4 is 10.6 Å². The number of aromatic nitrogens is 2. The first-order chi connectivity index (χ1) is 8.26. The molecule has 0 bridgehead atoms. The molecule has 1 aromatic rings. The quantitative estimate of drug-likeness (QED) is 0.417. The number of rotatable bonds is 6. The van der Waals surface area contributed by atoms with Crippen LogP contribution >= 0.6 is 0 Å². The van der Waals surface area contributed by atoms with Crippen LogP contribution in [-0.2, 0) is 11.3 Å². The van der Waals surface area contributed by atoms with Crippen molar-refractivity contribution in [1.82, 2.24) is 20.8 Å². The molecule has 1 aromatic heterocycles. The Morgan fingerprint density at radius 1 is 1.47 bits per heavy atom. The van der Waals surface area contributed by atoms with Crippen molar-refractivity contribution in [2.24, 2.45) is 4.99 Å². The Labute approximate surface area is 101 Å². The largest absolute Gasteiger partial charge is 0.383 e. The van der Waals surface area contributed by atoms with E-state index in [-0.39, 0.29) is 0 Å². The van der Waals surface area contributed by atoms with Crippen molar-refractivity contribution >= 4 is 5.96 Å². The number of guanidine groups is 1. The summed E-state index contributed by atoms with van der Waals surface area (Å²) in [5.41, 5.74) is 0. The predicted molar refractivity (Wildman–Crippen MR) is 63.7 cm³/mol. The van der Waals surface area contributed by atoms with Gasteiger partial charge in [-0.05, 0) is 6.92 Å². The summed E-state index contributed by atoms with van der Waals surface area (Å²) in [5.74, 6) is 1.84. The Balaban J connectivity index is 2.44. The fourth-order valence-electron chi connectivity index (χ4n) is 1.17. The van der Waals surface area contributed by atoms with Gasteiger partial charge in [0, 0.05) is 27.1 Å². The van der Waals surface area contributed by atoms with E-state index in [9.17, 15) is 0 Å². The van der Waals surface area contributed by atoms with Gasteiger partial charge in [-0.25, -0.2) is 4.99 Å². The first kappa shape index (κ1) is 13.4. The Bertz CT molecular complexity index is 350. The summed E-state index contributed by atoms with van der Waals surface area (Å²) in [6, 6.07) is 0. The predicted octanol–water partition coefficient (Wildman–Crippen LogP) is 0.0795. The van der Waals surface area contributed by atoms with Crippen LogP contribution in [0.5, 0.6) is 0 Å².